The molecular formula is C9H19N3O2S. The molecule has 5 nitrogen and oxygen atoms in total. The maximum absolute atomic E-state index is 11.9. The summed E-state index contributed by atoms with van der Waals surface area (Å²) in [6, 6.07) is 0.295. The standard InChI is InChI=1S/C9H19N3O2S/c1-12(9-3-2-6-10-7-9)15(13,14)11-8-4-5-8/h8-11H,2-7H2,1H3. The fraction of sp³-hybridized carbons (Fsp3) is 1.00. The second-order valence-electron chi connectivity index (χ2n) is 4.41. The lowest BCUT2D eigenvalue weighted by Gasteiger charge is -2.30. The Morgan fingerprint density at radius 3 is 2.60 bits per heavy atom. The van der Waals surface area contributed by atoms with E-state index in [1.54, 1.807) is 7.05 Å². The van der Waals surface area contributed by atoms with Gasteiger partial charge in [0.1, 0.15) is 0 Å². The van der Waals surface area contributed by atoms with E-state index in [4.69, 9.17) is 0 Å². The fourth-order valence-electron chi connectivity index (χ4n) is 1.83. The van der Waals surface area contributed by atoms with Gasteiger partial charge in [-0.05, 0) is 32.2 Å². The lowest BCUT2D eigenvalue weighted by Crippen LogP contribution is -2.50. The van der Waals surface area contributed by atoms with Crippen LogP contribution in [0.1, 0.15) is 25.7 Å². The lowest BCUT2D eigenvalue weighted by atomic mass is 10.1. The van der Waals surface area contributed by atoms with Crippen molar-refractivity contribution in [2.24, 2.45) is 0 Å². The van der Waals surface area contributed by atoms with E-state index in [1.807, 2.05) is 0 Å². The predicted molar refractivity (Wildman–Crippen MR) is 58.7 cm³/mol. The summed E-state index contributed by atoms with van der Waals surface area (Å²) >= 11 is 0. The van der Waals surface area contributed by atoms with E-state index >= 15 is 0 Å². The summed E-state index contributed by atoms with van der Waals surface area (Å²) in [5.74, 6) is 0. The quantitative estimate of drug-likeness (QED) is 0.699. The Labute approximate surface area is 91.4 Å². The molecule has 0 aromatic carbocycles. The van der Waals surface area contributed by atoms with Crippen molar-refractivity contribution in [1.29, 1.82) is 0 Å². The Bertz CT molecular complexity index is 307. The third-order valence-corrected chi connectivity index (χ3v) is 4.74. The molecule has 0 aromatic heterocycles. The van der Waals surface area contributed by atoms with Crippen molar-refractivity contribution in [2.75, 3.05) is 20.1 Å². The lowest BCUT2D eigenvalue weighted by molar-refractivity contribution is 0.297. The summed E-state index contributed by atoms with van der Waals surface area (Å²) in [6.07, 6.45) is 3.97. The van der Waals surface area contributed by atoms with Crippen molar-refractivity contribution in [3.8, 4) is 0 Å². The van der Waals surface area contributed by atoms with Gasteiger partial charge in [0.05, 0.1) is 0 Å². The van der Waals surface area contributed by atoms with Crippen LogP contribution in [0.15, 0.2) is 0 Å². The molecule has 0 aromatic rings. The Kier molecular flexibility index (Phi) is 3.30. The minimum Gasteiger partial charge on any atom is -0.315 e. The summed E-state index contributed by atoms with van der Waals surface area (Å²) in [4.78, 5) is 0. The van der Waals surface area contributed by atoms with E-state index in [0.717, 1.165) is 38.8 Å². The SMILES string of the molecule is CN(C1CCCNC1)S(=O)(=O)NC1CC1. The second kappa shape index (κ2) is 4.37. The van der Waals surface area contributed by atoms with Gasteiger partial charge >= 0.3 is 0 Å². The van der Waals surface area contributed by atoms with Gasteiger partial charge in [-0.2, -0.15) is 17.4 Å². The Hall–Kier alpha value is -0.170. The van der Waals surface area contributed by atoms with Crippen LogP contribution in [0.3, 0.4) is 0 Å². The van der Waals surface area contributed by atoms with Crippen molar-refractivity contribution < 1.29 is 8.42 Å². The van der Waals surface area contributed by atoms with Gasteiger partial charge < -0.3 is 5.32 Å². The molecule has 1 saturated heterocycles. The fourth-order valence-corrected chi connectivity index (χ4v) is 3.23. The molecule has 2 N–H and O–H groups in total. The van der Waals surface area contributed by atoms with Crippen LogP contribution in [0.5, 0.6) is 0 Å². The highest BCUT2D eigenvalue weighted by Gasteiger charge is 2.32. The first-order valence-corrected chi connectivity index (χ1v) is 6.99. The largest absolute Gasteiger partial charge is 0.315 e. The first kappa shape index (κ1) is 11.3. The van der Waals surface area contributed by atoms with Gasteiger partial charge in [-0.1, -0.05) is 0 Å². The third kappa shape index (κ3) is 2.90. The molecule has 0 amide bonds. The average molecular weight is 233 g/mol. The number of nitrogens with zero attached hydrogens (tertiary/aromatic N) is 1. The number of rotatable bonds is 4. The zero-order chi connectivity index (χ0) is 10.9. The monoisotopic (exact) mass is 233 g/mol. The van der Waals surface area contributed by atoms with Crippen molar-refractivity contribution >= 4 is 10.2 Å². The smallest absolute Gasteiger partial charge is 0.279 e. The normalized spacial score (nSPS) is 28.3. The number of hydrogen-bond donors (Lipinski definition) is 2. The molecule has 15 heavy (non-hydrogen) atoms. The average Bonchev–Trinajstić information content (AvgIpc) is 3.01. The summed E-state index contributed by atoms with van der Waals surface area (Å²) in [5.41, 5.74) is 0. The van der Waals surface area contributed by atoms with Crippen LogP contribution in [0.2, 0.25) is 0 Å². The van der Waals surface area contributed by atoms with Gasteiger partial charge in [0.2, 0.25) is 0 Å². The number of nitrogens with one attached hydrogen (secondary N) is 2. The van der Waals surface area contributed by atoms with E-state index in [-0.39, 0.29) is 12.1 Å². The van der Waals surface area contributed by atoms with E-state index in [0.29, 0.717) is 0 Å². The molecule has 1 aliphatic heterocycles. The Balaban J connectivity index is 1.94. The van der Waals surface area contributed by atoms with E-state index in [9.17, 15) is 8.42 Å². The number of hydrogen-bond acceptors (Lipinski definition) is 3. The third-order valence-electron chi connectivity index (χ3n) is 3.06. The number of piperidine rings is 1. The summed E-state index contributed by atoms with van der Waals surface area (Å²) in [5, 5.41) is 3.22. The second-order valence-corrected chi connectivity index (χ2v) is 6.18. The summed E-state index contributed by atoms with van der Waals surface area (Å²) in [7, 11) is -1.58. The van der Waals surface area contributed by atoms with Gasteiger partial charge in [-0.15, -0.1) is 0 Å². The van der Waals surface area contributed by atoms with Crippen LogP contribution < -0.4 is 10.0 Å². The molecule has 2 aliphatic rings. The molecule has 0 spiro atoms. The molecular weight excluding hydrogens is 214 g/mol. The summed E-state index contributed by atoms with van der Waals surface area (Å²) < 4.78 is 27.9. The van der Waals surface area contributed by atoms with Crippen LogP contribution in [-0.2, 0) is 10.2 Å². The van der Waals surface area contributed by atoms with Gasteiger partial charge in [0, 0.05) is 25.7 Å². The Morgan fingerprint density at radius 2 is 2.07 bits per heavy atom. The van der Waals surface area contributed by atoms with E-state index in [1.165, 1.54) is 4.31 Å². The maximum Gasteiger partial charge on any atom is 0.279 e. The van der Waals surface area contributed by atoms with Gasteiger partial charge in [0.15, 0.2) is 0 Å². The molecule has 6 heteroatoms. The highest BCUT2D eigenvalue weighted by atomic mass is 32.2. The van der Waals surface area contributed by atoms with Gasteiger partial charge in [-0.25, -0.2) is 0 Å². The zero-order valence-electron chi connectivity index (χ0n) is 9.07. The molecule has 88 valence electrons. The highest BCUT2D eigenvalue weighted by Crippen LogP contribution is 2.21. The van der Waals surface area contributed by atoms with E-state index < -0.39 is 10.2 Å². The van der Waals surface area contributed by atoms with Crippen LogP contribution in [0.4, 0.5) is 0 Å². The van der Waals surface area contributed by atoms with Crippen LogP contribution in [-0.4, -0.2) is 44.9 Å². The molecule has 1 atom stereocenters. The van der Waals surface area contributed by atoms with Crippen LogP contribution >= 0.6 is 0 Å². The predicted octanol–water partition coefficient (Wildman–Crippen LogP) is -0.333. The van der Waals surface area contributed by atoms with Crippen molar-refractivity contribution in [3.63, 3.8) is 0 Å². The first-order chi connectivity index (χ1) is 7.09. The maximum atomic E-state index is 11.9. The molecule has 0 radical (unpaired) electrons. The molecule has 2 rings (SSSR count). The highest BCUT2D eigenvalue weighted by molar-refractivity contribution is 7.87. The summed E-state index contributed by atoms with van der Waals surface area (Å²) in [6.45, 7) is 1.77. The molecule has 1 heterocycles. The molecule has 1 saturated carbocycles. The molecule has 2 fully saturated rings. The van der Waals surface area contributed by atoms with Crippen molar-refractivity contribution in [2.45, 2.75) is 37.8 Å². The topological polar surface area (TPSA) is 61.4 Å². The van der Waals surface area contributed by atoms with E-state index in [2.05, 4.69) is 10.0 Å². The van der Waals surface area contributed by atoms with Gasteiger partial charge in [-0.3, -0.25) is 0 Å². The minimum atomic E-state index is -3.25. The first-order valence-electron chi connectivity index (χ1n) is 5.55. The Morgan fingerprint density at radius 1 is 1.33 bits per heavy atom. The van der Waals surface area contributed by atoms with Crippen LogP contribution in [0, 0.1) is 0 Å². The molecule has 1 aliphatic carbocycles. The zero-order valence-corrected chi connectivity index (χ0v) is 9.89. The number of likely N-dealkylation sites (N-methyl/N-ethyl adjacent to an activating group) is 1. The van der Waals surface area contributed by atoms with Gasteiger partial charge in [0.25, 0.3) is 10.2 Å². The van der Waals surface area contributed by atoms with Crippen molar-refractivity contribution in [1.82, 2.24) is 14.3 Å². The van der Waals surface area contributed by atoms with Crippen molar-refractivity contribution in [3.05, 3.63) is 0 Å². The van der Waals surface area contributed by atoms with Crippen LogP contribution in [0.25, 0.3) is 0 Å². The minimum absolute atomic E-state index is 0.106. The molecule has 0 bridgehead atoms. The molecule has 1 unspecified atom stereocenters.